The van der Waals surface area contributed by atoms with Crippen LogP contribution < -0.4 is 0 Å². The monoisotopic (exact) mass is 539 g/mol. The number of halogens is 1. The van der Waals surface area contributed by atoms with Crippen LogP contribution in [0.2, 0.25) is 0 Å². The molecule has 0 N–H and O–H groups in total. The number of rotatable bonds is 5. The Morgan fingerprint density at radius 3 is 1.22 bits per heavy atom. The van der Waals surface area contributed by atoms with Crippen LogP contribution in [0, 0.1) is 0 Å². The van der Waals surface area contributed by atoms with Gasteiger partial charge in [0.1, 0.15) is 0 Å². The molecule has 5 aromatic carbocycles. The predicted molar refractivity (Wildman–Crippen MR) is 155 cm³/mol. The summed E-state index contributed by atoms with van der Waals surface area (Å²) in [6, 6.07) is 45.4. The number of aromatic nitrogens is 3. The van der Waals surface area contributed by atoms with Crippen LogP contribution in [0.3, 0.4) is 0 Å². The van der Waals surface area contributed by atoms with E-state index in [1.54, 1.807) is 0 Å². The molecular formula is C33H22BrN3. The first-order chi connectivity index (χ1) is 18.2. The Hall–Kier alpha value is -4.41. The molecule has 0 aliphatic rings. The van der Waals surface area contributed by atoms with Gasteiger partial charge in [-0.3, -0.25) is 0 Å². The second kappa shape index (κ2) is 10.3. The molecule has 6 aromatic rings. The van der Waals surface area contributed by atoms with Crippen molar-refractivity contribution in [3.05, 3.63) is 138 Å². The Kier molecular flexibility index (Phi) is 6.40. The van der Waals surface area contributed by atoms with Gasteiger partial charge < -0.3 is 0 Å². The second-order valence-electron chi connectivity index (χ2n) is 8.71. The van der Waals surface area contributed by atoms with Crippen LogP contribution >= 0.6 is 15.9 Å². The van der Waals surface area contributed by atoms with Crippen molar-refractivity contribution in [1.82, 2.24) is 15.0 Å². The predicted octanol–water partition coefficient (Wildman–Crippen LogP) is 8.97. The molecule has 0 unspecified atom stereocenters. The van der Waals surface area contributed by atoms with Crippen LogP contribution in [-0.2, 0) is 0 Å². The Labute approximate surface area is 224 Å². The average molecular weight is 540 g/mol. The summed E-state index contributed by atoms with van der Waals surface area (Å²) < 4.78 is 0.972. The Bertz CT molecular complexity index is 1650. The highest BCUT2D eigenvalue weighted by molar-refractivity contribution is 9.10. The molecule has 37 heavy (non-hydrogen) atoms. The summed E-state index contributed by atoms with van der Waals surface area (Å²) in [6.07, 6.45) is 0. The maximum absolute atomic E-state index is 4.93. The van der Waals surface area contributed by atoms with E-state index in [9.17, 15) is 0 Å². The van der Waals surface area contributed by atoms with Gasteiger partial charge in [-0.25, -0.2) is 15.0 Å². The zero-order chi connectivity index (χ0) is 25.0. The van der Waals surface area contributed by atoms with Crippen LogP contribution in [0.15, 0.2) is 138 Å². The molecule has 0 aliphatic carbocycles. The molecule has 0 bridgehead atoms. The minimum absolute atomic E-state index is 0.634. The topological polar surface area (TPSA) is 38.7 Å². The van der Waals surface area contributed by atoms with Crippen LogP contribution in [0.5, 0.6) is 0 Å². The van der Waals surface area contributed by atoms with Crippen molar-refractivity contribution >= 4 is 15.9 Å². The van der Waals surface area contributed by atoms with Gasteiger partial charge in [-0.15, -0.1) is 0 Å². The Morgan fingerprint density at radius 2 is 0.676 bits per heavy atom. The standard InChI is InChI=1S/C33H22BrN3/c34-30-21-28(24-12-6-2-7-13-24)20-29(22-30)33-36-31(26-14-8-3-9-15-26)35-32(37-33)27-18-16-25(17-19-27)23-10-4-1-5-11-23/h1-22H. The molecule has 1 heterocycles. The summed E-state index contributed by atoms with van der Waals surface area (Å²) in [5, 5.41) is 0. The van der Waals surface area contributed by atoms with Crippen molar-refractivity contribution in [2.24, 2.45) is 0 Å². The summed E-state index contributed by atoms with van der Waals surface area (Å²) in [5.41, 5.74) is 7.39. The normalized spacial score (nSPS) is 10.8. The van der Waals surface area contributed by atoms with Crippen LogP contribution in [0.25, 0.3) is 56.4 Å². The van der Waals surface area contributed by atoms with Crippen molar-refractivity contribution in [3.8, 4) is 56.4 Å². The van der Waals surface area contributed by atoms with Gasteiger partial charge in [0.05, 0.1) is 0 Å². The fourth-order valence-corrected chi connectivity index (χ4v) is 4.80. The highest BCUT2D eigenvalue weighted by atomic mass is 79.9. The third-order valence-corrected chi connectivity index (χ3v) is 6.64. The highest BCUT2D eigenvalue weighted by Crippen LogP contribution is 2.31. The van der Waals surface area contributed by atoms with Crippen molar-refractivity contribution in [2.45, 2.75) is 0 Å². The molecule has 0 fully saturated rings. The Balaban J connectivity index is 1.47. The van der Waals surface area contributed by atoms with Gasteiger partial charge >= 0.3 is 0 Å². The van der Waals surface area contributed by atoms with E-state index >= 15 is 0 Å². The lowest BCUT2D eigenvalue weighted by Gasteiger charge is -2.11. The van der Waals surface area contributed by atoms with Crippen molar-refractivity contribution in [1.29, 1.82) is 0 Å². The van der Waals surface area contributed by atoms with Crippen molar-refractivity contribution in [3.63, 3.8) is 0 Å². The van der Waals surface area contributed by atoms with Crippen LogP contribution in [0.1, 0.15) is 0 Å². The molecule has 0 saturated carbocycles. The van der Waals surface area contributed by atoms with Gasteiger partial charge in [0.2, 0.25) is 0 Å². The maximum Gasteiger partial charge on any atom is 0.164 e. The van der Waals surface area contributed by atoms with E-state index in [0.29, 0.717) is 17.5 Å². The minimum Gasteiger partial charge on any atom is -0.208 e. The summed E-state index contributed by atoms with van der Waals surface area (Å²) in [4.78, 5) is 14.7. The third kappa shape index (κ3) is 5.11. The molecular weight excluding hydrogens is 518 g/mol. The van der Waals surface area contributed by atoms with E-state index in [0.717, 1.165) is 37.9 Å². The first-order valence-corrected chi connectivity index (χ1v) is 12.9. The molecule has 0 radical (unpaired) electrons. The van der Waals surface area contributed by atoms with E-state index in [1.807, 2.05) is 54.6 Å². The maximum atomic E-state index is 4.93. The number of hydrogen-bond acceptors (Lipinski definition) is 3. The van der Waals surface area contributed by atoms with Crippen LogP contribution in [-0.4, -0.2) is 15.0 Å². The smallest absolute Gasteiger partial charge is 0.164 e. The van der Waals surface area contributed by atoms with E-state index in [4.69, 9.17) is 15.0 Å². The number of nitrogens with zero attached hydrogens (tertiary/aromatic N) is 3. The summed E-state index contributed by atoms with van der Waals surface area (Å²) in [6.45, 7) is 0. The van der Waals surface area contributed by atoms with Crippen LogP contribution in [0.4, 0.5) is 0 Å². The second-order valence-corrected chi connectivity index (χ2v) is 9.63. The summed E-state index contributed by atoms with van der Waals surface area (Å²) in [7, 11) is 0. The van der Waals surface area contributed by atoms with E-state index in [1.165, 1.54) is 5.56 Å². The van der Waals surface area contributed by atoms with E-state index in [2.05, 4.69) is 94.8 Å². The highest BCUT2D eigenvalue weighted by Gasteiger charge is 2.14. The lowest BCUT2D eigenvalue weighted by Crippen LogP contribution is -2.00. The van der Waals surface area contributed by atoms with Gasteiger partial charge in [-0.05, 0) is 40.5 Å². The average Bonchev–Trinajstić information content (AvgIpc) is 2.98. The first kappa shape index (κ1) is 23.0. The van der Waals surface area contributed by atoms with Gasteiger partial charge in [0.15, 0.2) is 17.5 Å². The third-order valence-electron chi connectivity index (χ3n) is 6.18. The molecule has 0 amide bonds. The quantitative estimate of drug-likeness (QED) is 0.219. The van der Waals surface area contributed by atoms with Crippen molar-refractivity contribution < 1.29 is 0 Å². The molecule has 0 aliphatic heterocycles. The molecule has 6 rings (SSSR count). The molecule has 4 heteroatoms. The van der Waals surface area contributed by atoms with Gasteiger partial charge in [0.25, 0.3) is 0 Å². The van der Waals surface area contributed by atoms with Gasteiger partial charge in [0, 0.05) is 21.2 Å². The van der Waals surface area contributed by atoms with E-state index in [-0.39, 0.29) is 0 Å². The minimum atomic E-state index is 0.634. The van der Waals surface area contributed by atoms with E-state index < -0.39 is 0 Å². The molecule has 0 spiro atoms. The lowest BCUT2D eigenvalue weighted by molar-refractivity contribution is 1.07. The summed E-state index contributed by atoms with van der Waals surface area (Å²) >= 11 is 3.69. The van der Waals surface area contributed by atoms with Gasteiger partial charge in [-0.1, -0.05) is 131 Å². The molecule has 176 valence electrons. The molecule has 3 nitrogen and oxygen atoms in total. The summed E-state index contributed by atoms with van der Waals surface area (Å²) in [5.74, 6) is 1.92. The zero-order valence-electron chi connectivity index (χ0n) is 19.9. The molecule has 0 saturated heterocycles. The van der Waals surface area contributed by atoms with Gasteiger partial charge in [-0.2, -0.15) is 0 Å². The first-order valence-electron chi connectivity index (χ1n) is 12.1. The SMILES string of the molecule is Brc1cc(-c2ccccc2)cc(-c2nc(-c3ccccc3)nc(-c3ccc(-c4ccccc4)cc3)n2)c1. The Morgan fingerprint density at radius 1 is 0.324 bits per heavy atom. The largest absolute Gasteiger partial charge is 0.208 e. The zero-order valence-corrected chi connectivity index (χ0v) is 21.5. The molecule has 1 aromatic heterocycles. The molecule has 0 atom stereocenters. The fraction of sp³-hybridized carbons (Fsp3) is 0. The number of hydrogen-bond donors (Lipinski definition) is 0. The lowest BCUT2D eigenvalue weighted by atomic mass is 10.0. The fourth-order valence-electron chi connectivity index (χ4n) is 4.31. The number of benzene rings is 5. The van der Waals surface area contributed by atoms with Crippen molar-refractivity contribution in [2.75, 3.05) is 0 Å².